The molecule has 0 N–H and O–H groups in total. The molecule has 0 aliphatic heterocycles. The molecule has 4 heteroatoms. The van der Waals surface area contributed by atoms with Crippen molar-refractivity contribution < 1.29 is 0 Å². The highest BCUT2D eigenvalue weighted by Crippen LogP contribution is 2.39. The smallest absolute Gasteiger partial charge is 0.160 e. The van der Waals surface area contributed by atoms with Gasteiger partial charge in [0.2, 0.25) is 0 Å². The van der Waals surface area contributed by atoms with Gasteiger partial charge in [-0.15, -0.1) is 0 Å². The Hall–Kier alpha value is -6.65. The Bertz CT molecular complexity index is 2900. The SMILES string of the molecule is c1cc(-c2cccc(-c3c4ccccc4n4c3cnc3ccccc34)c2)cc(-c2nc(-c3cccc4ccccc34)c3ccccc3n2)c1. The van der Waals surface area contributed by atoms with Gasteiger partial charge < -0.3 is 4.40 Å². The molecule has 0 spiro atoms. The third kappa shape index (κ3) is 4.42. The van der Waals surface area contributed by atoms with Crippen LogP contribution in [0.1, 0.15) is 0 Å². The number of nitrogens with zero attached hydrogens (tertiary/aromatic N) is 4. The number of rotatable bonds is 4. The molecule has 0 fully saturated rings. The van der Waals surface area contributed by atoms with Gasteiger partial charge in [-0.2, -0.15) is 0 Å². The molecular formula is C45H28N4. The highest BCUT2D eigenvalue weighted by molar-refractivity contribution is 6.08. The number of benzene rings is 7. The Balaban J connectivity index is 1.12. The summed E-state index contributed by atoms with van der Waals surface area (Å²) in [6, 6.07) is 57.6. The van der Waals surface area contributed by atoms with E-state index in [1.165, 1.54) is 27.2 Å². The molecule has 4 nitrogen and oxygen atoms in total. The normalized spacial score (nSPS) is 11.7. The molecule has 0 unspecified atom stereocenters. The number of hydrogen-bond donors (Lipinski definition) is 0. The minimum atomic E-state index is 0.710. The average molecular weight is 625 g/mol. The topological polar surface area (TPSA) is 43.1 Å². The second-order valence-corrected chi connectivity index (χ2v) is 12.5. The first-order valence-corrected chi connectivity index (χ1v) is 16.5. The van der Waals surface area contributed by atoms with Gasteiger partial charge in [0, 0.05) is 27.5 Å². The van der Waals surface area contributed by atoms with E-state index >= 15 is 0 Å². The number of fused-ring (bicyclic) bond motifs is 7. The predicted octanol–water partition coefficient (Wildman–Crippen LogP) is 11.4. The first kappa shape index (κ1) is 27.5. The molecule has 0 aliphatic carbocycles. The lowest BCUT2D eigenvalue weighted by atomic mass is 9.96. The molecule has 10 aromatic rings. The van der Waals surface area contributed by atoms with Crippen LogP contribution in [0.15, 0.2) is 170 Å². The van der Waals surface area contributed by atoms with Crippen LogP contribution in [0.5, 0.6) is 0 Å². The van der Waals surface area contributed by atoms with Crippen molar-refractivity contribution in [2.24, 2.45) is 0 Å². The predicted molar refractivity (Wildman–Crippen MR) is 203 cm³/mol. The fourth-order valence-electron chi connectivity index (χ4n) is 7.37. The van der Waals surface area contributed by atoms with Crippen LogP contribution < -0.4 is 0 Å². The molecule has 7 aromatic carbocycles. The zero-order valence-corrected chi connectivity index (χ0v) is 26.5. The van der Waals surface area contributed by atoms with Gasteiger partial charge in [0.05, 0.1) is 39.5 Å². The van der Waals surface area contributed by atoms with E-state index in [1.54, 1.807) is 0 Å². The summed E-state index contributed by atoms with van der Waals surface area (Å²) in [5, 5.41) is 4.62. The summed E-state index contributed by atoms with van der Waals surface area (Å²) in [6.07, 6.45) is 2.01. The maximum Gasteiger partial charge on any atom is 0.160 e. The summed E-state index contributed by atoms with van der Waals surface area (Å²) in [5.74, 6) is 0.710. The van der Waals surface area contributed by atoms with E-state index in [-0.39, 0.29) is 0 Å². The molecule has 228 valence electrons. The van der Waals surface area contributed by atoms with E-state index in [2.05, 4.69) is 156 Å². The van der Waals surface area contributed by atoms with E-state index in [0.29, 0.717) is 5.82 Å². The number of aromatic nitrogens is 4. The van der Waals surface area contributed by atoms with Crippen molar-refractivity contribution in [2.75, 3.05) is 0 Å². The summed E-state index contributed by atoms with van der Waals surface area (Å²) in [5.41, 5.74) is 12.9. The first-order valence-electron chi connectivity index (χ1n) is 16.5. The zero-order valence-electron chi connectivity index (χ0n) is 26.5. The van der Waals surface area contributed by atoms with Gasteiger partial charge in [0.25, 0.3) is 0 Å². The minimum absolute atomic E-state index is 0.710. The fourth-order valence-corrected chi connectivity index (χ4v) is 7.37. The molecule has 0 saturated carbocycles. The molecule has 0 amide bonds. The largest absolute Gasteiger partial charge is 0.306 e. The number of para-hydroxylation sites is 4. The summed E-state index contributed by atoms with van der Waals surface area (Å²) in [7, 11) is 0. The van der Waals surface area contributed by atoms with Crippen LogP contribution in [0.2, 0.25) is 0 Å². The lowest BCUT2D eigenvalue weighted by molar-refractivity contribution is 1.23. The van der Waals surface area contributed by atoms with Crippen molar-refractivity contribution in [2.45, 2.75) is 0 Å². The molecule has 0 aliphatic rings. The second-order valence-electron chi connectivity index (χ2n) is 12.5. The van der Waals surface area contributed by atoms with Gasteiger partial charge in [-0.05, 0) is 63.9 Å². The highest BCUT2D eigenvalue weighted by atomic mass is 14.9. The monoisotopic (exact) mass is 624 g/mol. The standard InChI is InChI=1S/C45H28N4/c1-2-18-34-29(12-1)13-11-21-35(34)44-36-19-3-5-22-38(36)47-45(48-44)33-17-10-15-31(27-33)30-14-9-16-32(26-30)43-37-20-4-7-24-40(37)49-41-25-8-6-23-39(41)46-28-42(43)49/h1-28H. The van der Waals surface area contributed by atoms with E-state index < -0.39 is 0 Å². The van der Waals surface area contributed by atoms with E-state index in [0.717, 1.165) is 61.0 Å². The van der Waals surface area contributed by atoms with Crippen molar-refractivity contribution in [3.63, 3.8) is 0 Å². The molecular weight excluding hydrogens is 597 g/mol. The van der Waals surface area contributed by atoms with E-state index in [9.17, 15) is 0 Å². The maximum absolute atomic E-state index is 5.26. The van der Waals surface area contributed by atoms with E-state index in [1.807, 2.05) is 18.3 Å². The van der Waals surface area contributed by atoms with Gasteiger partial charge in [-0.25, -0.2) is 9.97 Å². The van der Waals surface area contributed by atoms with Gasteiger partial charge >= 0.3 is 0 Å². The third-order valence-corrected chi connectivity index (χ3v) is 9.61. The Labute approximate surface area is 282 Å². The summed E-state index contributed by atoms with van der Waals surface area (Å²) < 4.78 is 2.34. The molecule has 3 aromatic heterocycles. The van der Waals surface area contributed by atoms with Crippen LogP contribution in [0.3, 0.4) is 0 Å². The molecule has 10 rings (SSSR count). The molecule has 0 atom stereocenters. The molecule has 0 saturated heterocycles. The van der Waals surface area contributed by atoms with Crippen molar-refractivity contribution in [1.29, 1.82) is 0 Å². The summed E-state index contributed by atoms with van der Waals surface area (Å²) in [4.78, 5) is 15.2. The van der Waals surface area contributed by atoms with E-state index in [4.69, 9.17) is 15.0 Å². The maximum atomic E-state index is 5.26. The van der Waals surface area contributed by atoms with Crippen LogP contribution in [-0.2, 0) is 0 Å². The Morgan fingerprint density at radius 2 is 1.02 bits per heavy atom. The molecule has 0 radical (unpaired) electrons. The van der Waals surface area contributed by atoms with Gasteiger partial charge in [0.15, 0.2) is 5.82 Å². The van der Waals surface area contributed by atoms with Crippen molar-refractivity contribution >= 4 is 49.1 Å². The average Bonchev–Trinajstić information content (AvgIpc) is 3.52. The fraction of sp³-hybridized carbons (Fsp3) is 0. The van der Waals surface area contributed by atoms with Gasteiger partial charge in [-0.3, -0.25) is 4.98 Å². The Morgan fingerprint density at radius 3 is 1.88 bits per heavy atom. The Morgan fingerprint density at radius 1 is 0.408 bits per heavy atom. The second kappa shape index (κ2) is 11.0. The van der Waals surface area contributed by atoms with Gasteiger partial charge in [0.1, 0.15) is 0 Å². The molecule has 3 heterocycles. The lowest BCUT2D eigenvalue weighted by Gasteiger charge is -2.12. The quantitative estimate of drug-likeness (QED) is 0.196. The van der Waals surface area contributed by atoms with Crippen molar-refractivity contribution in [1.82, 2.24) is 19.4 Å². The van der Waals surface area contributed by atoms with Gasteiger partial charge in [-0.1, -0.05) is 127 Å². The van der Waals surface area contributed by atoms with Crippen LogP contribution in [-0.4, -0.2) is 19.4 Å². The van der Waals surface area contributed by atoms with Crippen LogP contribution in [0.4, 0.5) is 0 Å². The highest BCUT2D eigenvalue weighted by Gasteiger charge is 2.17. The van der Waals surface area contributed by atoms with Crippen LogP contribution in [0.25, 0.3) is 94.0 Å². The minimum Gasteiger partial charge on any atom is -0.306 e. The summed E-state index contributed by atoms with van der Waals surface area (Å²) >= 11 is 0. The van der Waals surface area contributed by atoms with Crippen LogP contribution in [0, 0.1) is 0 Å². The van der Waals surface area contributed by atoms with Crippen molar-refractivity contribution in [3.8, 4) is 44.9 Å². The third-order valence-electron chi connectivity index (χ3n) is 9.61. The zero-order chi connectivity index (χ0) is 32.3. The summed E-state index contributed by atoms with van der Waals surface area (Å²) in [6.45, 7) is 0. The van der Waals surface area contributed by atoms with Crippen LogP contribution >= 0.6 is 0 Å². The lowest BCUT2D eigenvalue weighted by Crippen LogP contribution is -1.96. The van der Waals surface area contributed by atoms with Crippen molar-refractivity contribution in [3.05, 3.63) is 170 Å². The molecule has 49 heavy (non-hydrogen) atoms. The Kier molecular flexibility index (Phi) is 6.15. The first-order chi connectivity index (χ1) is 24.3. The molecule has 0 bridgehead atoms. The number of hydrogen-bond acceptors (Lipinski definition) is 3.